The first-order valence-corrected chi connectivity index (χ1v) is 7.60. The lowest BCUT2D eigenvalue weighted by Crippen LogP contribution is -2.24. The summed E-state index contributed by atoms with van der Waals surface area (Å²) in [6.07, 6.45) is 0. The Hall–Kier alpha value is -2.90. The van der Waals surface area contributed by atoms with Crippen LogP contribution in [-0.4, -0.2) is 4.57 Å². The molecular formula is C19H12ClFN2O. The predicted molar refractivity (Wildman–Crippen MR) is 91.4 cm³/mol. The number of hydrogen-bond donors (Lipinski definition) is 0. The summed E-state index contributed by atoms with van der Waals surface area (Å²) < 4.78 is 14.6. The molecule has 0 aliphatic carbocycles. The fourth-order valence-corrected chi connectivity index (χ4v) is 2.59. The van der Waals surface area contributed by atoms with Crippen molar-refractivity contribution in [3.8, 4) is 17.3 Å². The van der Waals surface area contributed by atoms with Gasteiger partial charge in [0.05, 0.1) is 12.2 Å². The van der Waals surface area contributed by atoms with Crippen molar-refractivity contribution >= 4 is 11.6 Å². The third-order valence-corrected chi connectivity index (χ3v) is 3.94. The van der Waals surface area contributed by atoms with Crippen molar-refractivity contribution in [2.75, 3.05) is 0 Å². The molecule has 0 fully saturated rings. The van der Waals surface area contributed by atoms with Crippen molar-refractivity contribution < 1.29 is 4.39 Å². The third kappa shape index (κ3) is 3.22. The van der Waals surface area contributed by atoms with Crippen LogP contribution in [0.1, 0.15) is 11.1 Å². The van der Waals surface area contributed by atoms with Crippen LogP contribution in [-0.2, 0) is 6.54 Å². The van der Waals surface area contributed by atoms with Crippen molar-refractivity contribution in [2.24, 2.45) is 0 Å². The van der Waals surface area contributed by atoms with Gasteiger partial charge in [-0.15, -0.1) is 0 Å². The fraction of sp³-hybridized carbons (Fsp3) is 0.0526. The van der Waals surface area contributed by atoms with Crippen LogP contribution in [0.25, 0.3) is 11.3 Å². The molecule has 3 nitrogen and oxygen atoms in total. The van der Waals surface area contributed by atoms with Crippen LogP contribution in [0.4, 0.5) is 4.39 Å². The molecule has 24 heavy (non-hydrogen) atoms. The molecule has 0 amide bonds. The first-order valence-electron chi connectivity index (χ1n) is 7.23. The van der Waals surface area contributed by atoms with E-state index in [9.17, 15) is 9.18 Å². The lowest BCUT2D eigenvalue weighted by atomic mass is 10.1. The molecule has 0 atom stereocenters. The highest BCUT2D eigenvalue weighted by molar-refractivity contribution is 6.30. The molecule has 0 aliphatic rings. The lowest BCUT2D eigenvalue weighted by Gasteiger charge is -2.14. The Kier molecular flexibility index (Phi) is 4.45. The minimum Gasteiger partial charge on any atom is -0.303 e. The van der Waals surface area contributed by atoms with Crippen LogP contribution in [0, 0.1) is 17.1 Å². The van der Waals surface area contributed by atoms with E-state index in [4.69, 9.17) is 16.9 Å². The number of nitriles is 1. The van der Waals surface area contributed by atoms with Crippen LogP contribution in [0.3, 0.4) is 0 Å². The maximum atomic E-state index is 13.1. The molecule has 0 saturated heterocycles. The first-order chi connectivity index (χ1) is 11.6. The van der Waals surface area contributed by atoms with E-state index in [0.717, 1.165) is 11.1 Å². The molecule has 0 bridgehead atoms. The minimum atomic E-state index is -0.380. The molecule has 3 aromatic rings. The van der Waals surface area contributed by atoms with Crippen molar-refractivity contribution in [2.45, 2.75) is 6.54 Å². The van der Waals surface area contributed by atoms with E-state index in [-0.39, 0.29) is 23.5 Å². The smallest absolute Gasteiger partial charge is 0.269 e. The number of nitrogens with zero attached hydrogens (tertiary/aromatic N) is 2. The molecule has 5 heteroatoms. The summed E-state index contributed by atoms with van der Waals surface area (Å²) in [5.41, 5.74) is 1.93. The predicted octanol–water partition coefficient (Wildman–Crippen LogP) is 4.23. The second-order valence-electron chi connectivity index (χ2n) is 5.27. The Bertz CT molecular complexity index is 970. The Morgan fingerprint density at radius 2 is 1.67 bits per heavy atom. The van der Waals surface area contributed by atoms with Gasteiger partial charge in [0.25, 0.3) is 5.56 Å². The first kappa shape index (κ1) is 16.0. The van der Waals surface area contributed by atoms with E-state index in [0.29, 0.717) is 10.7 Å². The van der Waals surface area contributed by atoms with Crippen molar-refractivity contribution in [3.63, 3.8) is 0 Å². The van der Waals surface area contributed by atoms with Gasteiger partial charge in [0.1, 0.15) is 17.4 Å². The second kappa shape index (κ2) is 6.69. The second-order valence-corrected chi connectivity index (χ2v) is 5.71. The SMILES string of the molecule is N#Cc1ccc(-c2ccc(Cl)cc2)n(Cc2ccc(F)cc2)c1=O. The van der Waals surface area contributed by atoms with E-state index in [1.165, 1.54) is 22.8 Å². The molecular weight excluding hydrogens is 327 g/mol. The van der Waals surface area contributed by atoms with E-state index >= 15 is 0 Å². The van der Waals surface area contributed by atoms with Crippen LogP contribution >= 0.6 is 11.6 Å². The number of benzene rings is 2. The summed E-state index contributed by atoms with van der Waals surface area (Å²) in [6, 6.07) is 18.2. The normalized spacial score (nSPS) is 10.4. The summed E-state index contributed by atoms with van der Waals surface area (Å²) in [5.74, 6) is -0.338. The van der Waals surface area contributed by atoms with Gasteiger partial charge < -0.3 is 4.57 Å². The van der Waals surface area contributed by atoms with E-state index in [1.807, 2.05) is 18.2 Å². The third-order valence-electron chi connectivity index (χ3n) is 3.69. The van der Waals surface area contributed by atoms with Crippen LogP contribution in [0.5, 0.6) is 0 Å². The van der Waals surface area contributed by atoms with Gasteiger partial charge >= 0.3 is 0 Å². The quantitative estimate of drug-likeness (QED) is 0.717. The van der Waals surface area contributed by atoms with E-state index in [1.54, 1.807) is 30.3 Å². The molecule has 0 radical (unpaired) electrons. The molecule has 1 aromatic heterocycles. The van der Waals surface area contributed by atoms with Gasteiger partial charge in [-0.3, -0.25) is 4.79 Å². The zero-order valence-corrected chi connectivity index (χ0v) is 13.3. The average Bonchev–Trinajstić information content (AvgIpc) is 2.59. The summed E-state index contributed by atoms with van der Waals surface area (Å²) >= 11 is 5.92. The van der Waals surface area contributed by atoms with Crippen molar-refractivity contribution in [1.29, 1.82) is 5.26 Å². The molecule has 2 aromatic carbocycles. The zero-order chi connectivity index (χ0) is 17.1. The number of aromatic nitrogens is 1. The number of hydrogen-bond acceptors (Lipinski definition) is 2. The van der Waals surface area contributed by atoms with Gasteiger partial charge in [0.2, 0.25) is 0 Å². The van der Waals surface area contributed by atoms with Gasteiger partial charge in [0.15, 0.2) is 0 Å². The Morgan fingerprint density at radius 1 is 1.00 bits per heavy atom. The molecule has 1 heterocycles. The zero-order valence-electron chi connectivity index (χ0n) is 12.5. The Balaban J connectivity index is 2.14. The molecule has 118 valence electrons. The highest BCUT2D eigenvalue weighted by Gasteiger charge is 2.11. The Labute approximate surface area is 143 Å². The van der Waals surface area contributed by atoms with E-state index < -0.39 is 0 Å². The van der Waals surface area contributed by atoms with Crippen LogP contribution in [0.2, 0.25) is 5.02 Å². The van der Waals surface area contributed by atoms with Gasteiger partial charge in [-0.2, -0.15) is 5.26 Å². The molecule has 0 spiro atoms. The summed E-state index contributed by atoms with van der Waals surface area (Å²) in [7, 11) is 0. The summed E-state index contributed by atoms with van der Waals surface area (Å²) in [6.45, 7) is 0.243. The molecule has 0 saturated carbocycles. The number of rotatable bonds is 3. The van der Waals surface area contributed by atoms with E-state index in [2.05, 4.69) is 0 Å². The van der Waals surface area contributed by atoms with Crippen LogP contribution < -0.4 is 5.56 Å². The van der Waals surface area contributed by atoms with Gasteiger partial charge in [0, 0.05) is 5.02 Å². The highest BCUT2D eigenvalue weighted by atomic mass is 35.5. The molecule has 0 aliphatic heterocycles. The number of halogens is 2. The average molecular weight is 339 g/mol. The maximum absolute atomic E-state index is 13.1. The maximum Gasteiger partial charge on any atom is 0.269 e. The molecule has 3 rings (SSSR count). The van der Waals surface area contributed by atoms with Crippen molar-refractivity contribution in [3.05, 3.63) is 93.0 Å². The summed E-state index contributed by atoms with van der Waals surface area (Å²) in [4.78, 5) is 12.6. The largest absolute Gasteiger partial charge is 0.303 e. The number of pyridine rings is 1. The monoisotopic (exact) mass is 338 g/mol. The van der Waals surface area contributed by atoms with Crippen molar-refractivity contribution in [1.82, 2.24) is 4.57 Å². The van der Waals surface area contributed by atoms with Gasteiger partial charge in [-0.05, 0) is 47.5 Å². The topological polar surface area (TPSA) is 45.8 Å². The summed E-state index contributed by atoms with van der Waals surface area (Å²) in [5, 5.41) is 9.71. The van der Waals surface area contributed by atoms with Gasteiger partial charge in [-0.25, -0.2) is 4.39 Å². The Morgan fingerprint density at radius 3 is 2.29 bits per heavy atom. The highest BCUT2D eigenvalue weighted by Crippen LogP contribution is 2.21. The lowest BCUT2D eigenvalue weighted by molar-refractivity contribution is 0.626. The van der Waals surface area contributed by atoms with Crippen LogP contribution in [0.15, 0.2) is 65.5 Å². The standard InChI is InChI=1S/C19H12ClFN2O/c20-16-6-3-14(4-7-16)18-10-5-15(11-22)19(24)23(18)12-13-1-8-17(21)9-2-13/h1-10H,12H2. The fourth-order valence-electron chi connectivity index (χ4n) is 2.47. The minimum absolute atomic E-state index is 0.0647. The molecule has 0 N–H and O–H groups in total. The van der Waals surface area contributed by atoms with Gasteiger partial charge in [-0.1, -0.05) is 35.9 Å². The molecule has 0 unspecified atom stereocenters.